The zero-order valence-corrected chi connectivity index (χ0v) is 27.6. The number of hydrogen-bond acceptors (Lipinski definition) is 3. The molecule has 0 aromatic heterocycles. The van der Waals surface area contributed by atoms with Crippen LogP contribution in [0.15, 0.2) is 42.0 Å². The van der Waals surface area contributed by atoms with Crippen LogP contribution in [0.5, 0.6) is 5.75 Å². The summed E-state index contributed by atoms with van der Waals surface area (Å²) in [6.45, 7) is 20.4. The summed E-state index contributed by atoms with van der Waals surface area (Å²) >= 11 is 0. The third kappa shape index (κ3) is 4.29. The second-order valence-electron chi connectivity index (χ2n) is 17.0. The summed E-state index contributed by atoms with van der Waals surface area (Å²) in [6.07, 6.45) is 17.4. The first kappa shape index (κ1) is 30.0. The van der Waals surface area contributed by atoms with Crippen molar-refractivity contribution in [3.05, 3.63) is 47.6 Å². The van der Waals surface area contributed by atoms with Crippen LogP contribution in [-0.2, 0) is 9.53 Å². The van der Waals surface area contributed by atoms with Gasteiger partial charge in [0.25, 0.3) is 0 Å². The number of aromatic hydroxyl groups is 1. The van der Waals surface area contributed by atoms with E-state index in [2.05, 4.69) is 61.5 Å². The van der Waals surface area contributed by atoms with Crippen molar-refractivity contribution in [2.45, 2.75) is 119 Å². The molecule has 4 fully saturated rings. The molecule has 10 atom stereocenters. The van der Waals surface area contributed by atoms with Gasteiger partial charge >= 0.3 is 5.97 Å². The number of phenolic OH excluding ortho intramolecular Hbond substituents is 1. The molecule has 0 aliphatic heterocycles. The van der Waals surface area contributed by atoms with Crippen LogP contribution in [0.25, 0.3) is 6.08 Å². The molecule has 5 aliphatic carbocycles. The third-order valence-electron chi connectivity index (χ3n) is 14.9. The highest BCUT2D eigenvalue weighted by Crippen LogP contribution is 2.75. The van der Waals surface area contributed by atoms with Gasteiger partial charge in [-0.3, -0.25) is 0 Å². The van der Waals surface area contributed by atoms with E-state index >= 15 is 0 Å². The molecule has 3 heteroatoms. The van der Waals surface area contributed by atoms with Crippen LogP contribution in [0, 0.1) is 56.7 Å². The van der Waals surface area contributed by atoms with Crippen LogP contribution in [0.2, 0.25) is 0 Å². The zero-order valence-electron chi connectivity index (χ0n) is 27.6. The van der Waals surface area contributed by atoms with Gasteiger partial charge in [-0.15, -0.1) is 0 Å². The lowest BCUT2D eigenvalue weighted by Crippen LogP contribution is -2.65. The van der Waals surface area contributed by atoms with Crippen molar-refractivity contribution in [2.24, 2.45) is 56.7 Å². The fourth-order valence-electron chi connectivity index (χ4n) is 12.0. The monoisotopic (exact) mass is 572 g/mol. The first-order valence-corrected chi connectivity index (χ1v) is 17.0. The van der Waals surface area contributed by atoms with E-state index in [1.165, 1.54) is 44.9 Å². The van der Waals surface area contributed by atoms with Crippen LogP contribution < -0.4 is 0 Å². The van der Waals surface area contributed by atoms with E-state index in [1.807, 2.05) is 5.57 Å². The number of esters is 1. The Bertz CT molecular complexity index is 1270. The summed E-state index contributed by atoms with van der Waals surface area (Å²) in [6, 6.07) is 6.89. The lowest BCUT2D eigenvalue weighted by atomic mass is 9.33. The molecule has 6 rings (SSSR count). The van der Waals surface area contributed by atoms with Crippen LogP contribution >= 0.6 is 0 Å². The molecule has 5 aliphatic rings. The lowest BCUT2D eigenvalue weighted by molar-refractivity contribution is -0.211. The maximum atomic E-state index is 13.0. The number of fused-ring (bicyclic) bond motifs is 7. The second-order valence-corrected chi connectivity index (χ2v) is 17.0. The van der Waals surface area contributed by atoms with E-state index in [-0.39, 0.29) is 34.1 Å². The van der Waals surface area contributed by atoms with Gasteiger partial charge in [-0.2, -0.15) is 0 Å². The topological polar surface area (TPSA) is 46.5 Å². The average molecular weight is 573 g/mol. The third-order valence-corrected chi connectivity index (χ3v) is 14.9. The second kappa shape index (κ2) is 10.00. The Labute approximate surface area is 255 Å². The summed E-state index contributed by atoms with van der Waals surface area (Å²) in [4.78, 5) is 13.0. The quantitative estimate of drug-likeness (QED) is 0.223. The van der Waals surface area contributed by atoms with Gasteiger partial charge in [-0.1, -0.05) is 79.2 Å². The predicted molar refractivity (Wildman–Crippen MR) is 172 cm³/mol. The van der Waals surface area contributed by atoms with E-state index < -0.39 is 0 Å². The molecule has 42 heavy (non-hydrogen) atoms. The number of allylic oxidation sites excluding steroid dienone is 2. The van der Waals surface area contributed by atoms with Gasteiger partial charge in [0.15, 0.2) is 0 Å². The van der Waals surface area contributed by atoms with Gasteiger partial charge in [-0.05, 0) is 133 Å². The van der Waals surface area contributed by atoms with Crippen LogP contribution in [-0.4, -0.2) is 17.2 Å². The highest BCUT2D eigenvalue weighted by atomic mass is 16.5. The van der Waals surface area contributed by atoms with Crippen molar-refractivity contribution in [1.82, 2.24) is 0 Å². The van der Waals surface area contributed by atoms with Crippen molar-refractivity contribution in [3.63, 3.8) is 0 Å². The van der Waals surface area contributed by atoms with E-state index in [9.17, 15) is 9.90 Å². The fourth-order valence-corrected chi connectivity index (χ4v) is 12.0. The summed E-state index contributed by atoms with van der Waals surface area (Å²) in [5, 5.41) is 9.54. The minimum absolute atomic E-state index is 0.0675. The molecule has 1 aromatic carbocycles. The Hall–Kier alpha value is -2.03. The van der Waals surface area contributed by atoms with Crippen molar-refractivity contribution < 1.29 is 14.6 Å². The molecule has 1 aromatic rings. The molecule has 3 nitrogen and oxygen atoms in total. The minimum Gasteiger partial charge on any atom is -0.508 e. The summed E-state index contributed by atoms with van der Waals surface area (Å²) < 4.78 is 6.22. The largest absolute Gasteiger partial charge is 0.508 e. The van der Waals surface area contributed by atoms with Gasteiger partial charge in [0, 0.05) is 11.5 Å². The molecule has 1 unspecified atom stereocenters. The van der Waals surface area contributed by atoms with Gasteiger partial charge in [0.2, 0.25) is 0 Å². The summed E-state index contributed by atoms with van der Waals surface area (Å²) in [5.74, 6) is 3.51. The normalized spacial score (nSPS) is 46.0. The Morgan fingerprint density at radius 2 is 1.60 bits per heavy atom. The standard InChI is InChI=1S/C39H56O3/c1-25-17-20-36(5)23-24-38(7)29(34(36)26(25)2)14-15-31-37(6)21-19-32(35(3,4)30(37)18-22-39(31,38)8)42-33(41)16-11-27-9-12-28(40)13-10-27/h9-14,16,25-26,30-32,34,40H,15,17-24H2,1-8H3/t25-,26+,30+,31-,32+,34?,36-,37+,38-,39-/m1/s1. The summed E-state index contributed by atoms with van der Waals surface area (Å²) in [5.41, 5.74) is 3.98. The number of carbonyl (C=O) groups excluding carboxylic acids is 1. The number of hydrogen-bond donors (Lipinski definition) is 1. The lowest BCUT2D eigenvalue weighted by Gasteiger charge is -2.71. The van der Waals surface area contributed by atoms with Gasteiger partial charge < -0.3 is 9.84 Å². The molecule has 0 bridgehead atoms. The SMILES string of the molecule is C[C@@H]1CC[C@]2(C)CC[C@]3(C)C(=CC[C@@H]4[C@@]5(C)CC[C@H](OC(=O)C=Cc6ccc(O)cc6)C(C)(C)[C@@H]5CC[C@]43C)C2[C@H]1C. The van der Waals surface area contributed by atoms with Crippen molar-refractivity contribution in [2.75, 3.05) is 0 Å². The molecule has 0 spiro atoms. The fraction of sp³-hybridized carbons (Fsp3) is 0.718. The number of carbonyl (C=O) groups is 1. The van der Waals surface area contributed by atoms with Gasteiger partial charge in [0.05, 0.1) is 0 Å². The first-order valence-electron chi connectivity index (χ1n) is 17.0. The highest BCUT2D eigenvalue weighted by Gasteiger charge is 2.68. The molecular weight excluding hydrogens is 516 g/mol. The summed E-state index contributed by atoms with van der Waals surface area (Å²) in [7, 11) is 0. The number of rotatable bonds is 3. The molecule has 0 heterocycles. The van der Waals surface area contributed by atoms with Crippen molar-refractivity contribution in [3.8, 4) is 5.75 Å². The Morgan fingerprint density at radius 1 is 0.881 bits per heavy atom. The molecule has 230 valence electrons. The number of ether oxygens (including phenoxy) is 1. The predicted octanol–water partition coefficient (Wildman–Crippen LogP) is 9.99. The first-order chi connectivity index (χ1) is 19.7. The zero-order chi connectivity index (χ0) is 30.3. The highest BCUT2D eigenvalue weighted by molar-refractivity contribution is 5.87. The Kier molecular flexibility index (Phi) is 7.14. The number of phenols is 1. The minimum atomic E-state index is -0.260. The molecule has 0 saturated heterocycles. The molecule has 4 saturated carbocycles. The Morgan fingerprint density at radius 3 is 2.31 bits per heavy atom. The smallest absolute Gasteiger partial charge is 0.331 e. The maximum absolute atomic E-state index is 13.0. The van der Waals surface area contributed by atoms with E-state index in [1.54, 1.807) is 36.4 Å². The van der Waals surface area contributed by atoms with E-state index in [0.29, 0.717) is 22.7 Å². The Balaban J connectivity index is 1.25. The number of benzene rings is 1. The average Bonchev–Trinajstić information content (AvgIpc) is 2.93. The molecule has 1 N–H and O–H groups in total. The van der Waals surface area contributed by atoms with Crippen LogP contribution in [0.4, 0.5) is 0 Å². The van der Waals surface area contributed by atoms with Crippen molar-refractivity contribution >= 4 is 12.0 Å². The molecule has 0 amide bonds. The van der Waals surface area contributed by atoms with E-state index in [4.69, 9.17) is 4.74 Å². The van der Waals surface area contributed by atoms with Crippen LogP contribution in [0.3, 0.4) is 0 Å². The van der Waals surface area contributed by atoms with Crippen LogP contribution in [0.1, 0.15) is 119 Å². The van der Waals surface area contributed by atoms with Gasteiger partial charge in [-0.25, -0.2) is 4.79 Å². The van der Waals surface area contributed by atoms with E-state index in [0.717, 1.165) is 36.2 Å². The maximum Gasteiger partial charge on any atom is 0.331 e. The van der Waals surface area contributed by atoms with Gasteiger partial charge in [0.1, 0.15) is 11.9 Å². The van der Waals surface area contributed by atoms with Crippen molar-refractivity contribution in [1.29, 1.82) is 0 Å². The molecular formula is C39H56O3. The molecule has 0 radical (unpaired) electrons.